The average molecular weight is 253 g/mol. The van der Waals surface area contributed by atoms with Gasteiger partial charge in [-0.3, -0.25) is 9.69 Å². The maximum Gasteiger partial charge on any atom is 0.237 e. The number of nitrogens with one attached hydrogen (secondary N) is 2. The molecule has 2 aliphatic heterocycles. The second-order valence-electron chi connectivity index (χ2n) is 6.08. The topological polar surface area (TPSA) is 44.4 Å². The van der Waals surface area contributed by atoms with Crippen molar-refractivity contribution in [2.75, 3.05) is 26.2 Å². The lowest BCUT2D eigenvalue weighted by Crippen LogP contribution is -2.46. The van der Waals surface area contributed by atoms with E-state index in [9.17, 15) is 4.79 Å². The van der Waals surface area contributed by atoms with E-state index in [1.54, 1.807) is 0 Å². The van der Waals surface area contributed by atoms with E-state index in [-0.39, 0.29) is 11.9 Å². The van der Waals surface area contributed by atoms with Crippen LogP contribution in [-0.4, -0.2) is 49.1 Å². The average Bonchev–Trinajstić information content (AvgIpc) is 2.95. The van der Waals surface area contributed by atoms with Crippen LogP contribution in [0.1, 0.15) is 39.5 Å². The van der Waals surface area contributed by atoms with Crippen molar-refractivity contribution in [3.05, 3.63) is 0 Å². The Morgan fingerprint density at radius 1 is 1.39 bits per heavy atom. The van der Waals surface area contributed by atoms with Gasteiger partial charge in [0.25, 0.3) is 0 Å². The van der Waals surface area contributed by atoms with Gasteiger partial charge in [0.1, 0.15) is 0 Å². The van der Waals surface area contributed by atoms with Crippen molar-refractivity contribution in [2.45, 2.75) is 51.6 Å². The van der Waals surface area contributed by atoms with E-state index >= 15 is 0 Å². The minimum absolute atomic E-state index is 0.0601. The highest BCUT2D eigenvalue weighted by Crippen LogP contribution is 2.18. The summed E-state index contributed by atoms with van der Waals surface area (Å²) < 4.78 is 0. The van der Waals surface area contributed by atoms with E-state index < -0.39 is 0 Å². The van der Waals surface area contributed by atoms with Crippen LogP contribution < -0.4 is 10.6 Å². The molecular formula is C14H27N3O. The Balaban J connectivity index is 1.73. The minimum Gasteiger partial charge on any atom is -0.353 e. The van der Waals surface area contributed by atoms with Crippen molar-refractivity contribution in [1.29, 1.82) is 0 Å². The van der Waals surface area contributed by atoms with E-state index in [2.05, 4.69) is 29.4 Å². The lowest BCUT2D eigenvalue weighted by Gasteiger charge is -2.26. The van der Waals surface area contributed by atoms with Crippen LogP contribution >= 0.6 is 0 Å². The van der Waals surface area contributed by atoms with Crippen LogP contribution in [0.2, 0.25) is 0 Å². The molecule has 0 aromatic rings. The first-order valence-corrected chi connectivity index (χ1v) is 7.42. The summed E-state index contributed by atoms with van der Waals surface area (Å²) in [7, 11) is 0. The van der Waals surface area contributed by atoms with E-state index in [0.29, 0.717) is 12.0 Å². The van der Waals surface area contributed by atoms with Gasteiger partial charge in [-0.25, -0.2) is 0 Å². The molecule has 1 amide bonds. The van der Waals surface area contributed by atoms with Gasteiger partial charge in [-0.05, 0) is 44.7 Å². The molecule has 0 aromatic carbocycles. The molecule has 2 N–H and O–H groups in total. The van der Waals surface area contributed by atoms with Gasteiger partial charge >= 0.3 is 0 Å². The van der Waals surface area contributed by atoms with Crippen LogP contribution in [0.5, 0.6) is 0 Å². The molecule has 104 valence electrons. The van der Waals surface area contributed by atoms with Crippen molar-refractivity contribution in [2.24, 2.45) is 5.92 Å². The highest BCUT2D eigenvalue weighted by Gasteiger charge is 2.27. The van der Waals surface area contributed by atoms with Gasteiger partial charge in [0.15, 0.2) is 0 Å². The predicted molar refractivity (Wildman–Crippen MR) is 73.5 cm³/mol. The summed E-state index contributed by atoms with van der Waals surface area (Å²) in [5.74, 6) is 0.904. The van der Waals surface area contributed by atoms with Crippen LogP contribution in [0.15, 0.2) is 0 Å². The Morgan fingerprint density at radius 2 is 2.22 bits per heavy atom. The van der Waals surface area contributed by atoms with Gasteiger partial charge in [-0.15, -0.1) is 0 Å². The second kappa shape index (κ2) is 6.53. The minimum atomic E-state index is 0.0601. The first-order valence-electron chi connectivity index (χ1n) is 7.42. The molecule has 4 heteroatoms. The Morgan fingerprint density at radius 3 is 2.89 bits per heavy atom. The van der Waals surface area contributed by atoms with Crippen molar-refractivity contribution >= 4 is 5.91 Å². The molecule has 2 atom stereocenters. The number of likely N-dealkylation sites (tertiary alicyclic amines) is 1. The van der Waals surface area contributed by atoms with Gasteiger partial charge in [0.05, 0.1) is 6.04 Å². The molecule has 2 rings (SSSR count). The van der Waals surface area contributed by atoms with Gasteiger partial charge in [0.2, 0.25) is 5.91 Å². The molecule has 4 nitrogen and oxygen atoms in total. The SMILES string of the molecule is CC(C)CN1CCC[C@@H]1CNC(=O)C1CCCN1. The summed E-state index contributed by atoms with van der Waals surface area (Å²) in [6.45, 7) is 8.68. The predicted octanol–water partition coefficient (Wildman–Crippen LogP) is 0.975. The zero-order valence-corrected chi connectivity index (χ0v) is 11.7. The van der Waals surface area contributed by atoms with Crippen LogP contribution in [0, 0.1) is 5.92 Å². The van der Waals surface area contributed by atoms with E-state index in [1.165, 1.54) is 19.4 Å². The molecule has 0 radical (unpaired) electrons. The first kappa shape index (κ1) is 13.8. The fourth-order valence-electron chi connectivity index (χ4n) is 3.09. The van der Waals surface area contributed by atoms with Crippen LogP contribution in [-0.2, 0) is 4.79 Å². The number of hydrogen-bond donors (Lipinski definition) is 2. The number of amides is 1. The molecule has 2 aliphatic rings. The Hall–Kier alpha value is -0.610. The standard InChI is InChI=1S/C14H27N3O/c1-11(2)10-17-8-4-5-12(17)9-16-14(18)13-6-3-7-15-13/h11-13,15H,3-10H2,1-2H3,(H,16,18)/t12-,13?/m1/s1. The number of carbonyl (C=O) groups is 1. The fourth-order valence-corrected chi connectivity index (χ4v) is 3.09. The number of nitrogens with zero attached hydrogens (tertiary/aromatic N) is 1. The molecule has 2 fully saturated rings. The molecule has 18 heavy (non-hydrogen) atoms. The summed E-state index contributed by atoms with van der Waals surface area (Å²) in [5, 5.41) is 6.38. The van der Waals surface area contributed by atoms with Gasteiger partial charge in [0, 0.05) is 19.1 Å². The van der Waals surface area contributed by atoms with Crippen molar-refractivity contribution in [1.82, 2.24) is 15.5 Å². The zero-order chi connectivity index (χ0) is 13.0. The first-order chi connectivity index (χ1) is 8.66. The fraction of sp³-hybridized carbons (Fsp3) is 0.929. The summed E-state index contributed by atoms with van der Waals surface area (Å²) in [6, 6.07) is 0.614. The monoisotopic (exact) mass is 253 g/mol. The molecule has 0 aromatic heterocycles. The van der Waals surface area contributed by atoms with Crippen molar-refractivity contribution in [3.8, 4) is 0 Å². The summed E-state index contributed by atoms with van der Waals surface area (Å²) in [6.07, 6.45) is 4.62. The third-order valence-electron chi connectivity index (χ3n) is 3.99. The smallest absolute Gasteiger partial charge is 0.237 e. The number of rotatable bonds is 5. The highest BCUT2D eigenvalue weighted by molar-refractivity contribution is 5.82. The normalized spacial score (nSPS) is 29.1. The van der Waals surface area contributed by atoms with Crippen molar-refractivity contribution < 1.29 is 4.79 Å². The Labute approximate surface area is 110 Å². The molecule has 0 saturated carbocycles. The summed E-state index contributed by atoms with van der Waals surface area (Å²) in [5.41, 5.74) is 0. The lowest BCUT2D eigenvalue weighted by atomic mass is 10.1. The van der Waals surface area contributed by atoms with Gasteiger partial charge < -0.3 is 10.6 Å². The van der Waals surface area contributed by atoms with Crippen LogP contribution in [0.3, 0.4) is 0 Å². The van der Waals surface area contributed by atoms with Crippen LogP contribution in [0.4, 0.5) is 0 Å². The molecule has 1 unspecified atom stereocenters. The number of hydrogen-bond acceptors (Lipinski definition) is 3. The second-order valence-corrected chi connectivity index (χ2v) is 6.08. The van der Waals surface area contributed by atoms with E-state index in [0.717, 1.165) is 32.5 Å². The molecule has 0 spiro atoms. The Kier molecular flexibility index (Phi) is 5.01. The maximum atomic E-state index is 11.9. The molecule has 2 heterocycles. The highest BCUT2D eigenvalue weighted by atomic mass is 16.2. The van der Waals surface area contributed by atoms with Crippen molar-refractivity contribution in [3.63, 3.8) is 0 Å². The third kappa shape index (κ3) is 3.69. The quantitative estimate of drug-likeness (QED) is 0.767. The Bertz CT molecular complexity index is 274. The molecule has 0 bridgehead atoms. The third-order valence-corrected chi connectivity index (χ3v) is 3.99. The van der Waals surface area contributed by atoms with E-state index in [4.69, 9.17) is 0 Å². The zero-order valence-electron chi connectivity index (χ0n) is 11.7. The van der Waals surface area contributed by atoms with Gasteiger partial charge in [-0.1, -0.05) is 13.8 Å². The van der Waals surface area contributed by atoms with Crippen LogP contribution in [0.25, 0.3) is 0 Å². The lowest BCUT2D eigenvalue weighted by molar-refractivity contribution is -0.123. The molecule has 2 saturated heterocycles. The number of carbonyl (C=O) groups excluding carboxylic acids is 1. The van der Waals surface area contributed by atoms with Gasteiger partial charge in [-0.2, -0.15) is 0 Å². The largest absolute Gasteiger partial charge is 0.353 e. The molecular weight excluding hydrogens is 226 g/mol. The summed E-state index contributed by atoms with van der Waals surface area (Å²) >= 11 is 0. The molecule has 0 aliphatic carbocycles. The summed E-state index contributed by atoms with van der Waals surface area (Å²) in [4.78, 5) is 14.5. The maximum absolute atomic E-state index is 11.9. The van der Waals surface area contributed by atoms with E-state index in [1.807, 2.05) is 0 Å².